The number of hydrogen-bond acceptors (Lipinski definition) is 9. The van der Waals surface area contributed by atoms with Gasteiger partial charge in [0.1, 0.15) is 4.88 Å². The number of hydrogen-bond donors (Lipinski definition) is 1. The van der Waals surface area contributed by atoms with Crippen molar-refractivity contribution in [1.82, 2.24) is 4.98 Å². The predicted molar refractivity (Wildman–Crippen MR) is 138 cm³/mol. The van der Waals surface area contributed by atoms with Gasteiger partial charge in [-0.1, -0.05) is 53.8 Å². The molecule has 1 atom stereocenters. The van der Waals surface area contributed by atoms with Gasteiger partial charge in [-0.2, -0.15) is 0 Å². The van der Waals surface area contributed by atoms with Crippen LogP contribution in [-0.4, -0.2) is 49.1 Å². The number of ketones is 1. The summed E-state index contributed by atoms with van der Waals surface area (Å²) in [5.41, 5.74) is 1.47. The van der Waals surface area contributed by atoms with E-state index in [0.717, 1.165) is 16.9 Å². The lowest BCUT2D eigenvalue weighted by Crippen LogP contribution is -2.30. The third-order valence-electron chi connectivity index (χ3n) is 5.79. The fourth-order valence-electron chi connectivity index (χ4n) is 3.99. The maximum Gasteiger partial charge on any atom is 0.350 e. The molecule has 190 valence electrons. The zero-order valence-electron chi connectivity index (χ0n) is 20.6. The molecule has 0 fully saturated rings. The van der Waals surface area contributed by atoms with Gasteiger partial charge in [0.25, 0.3) is 5.91 Å². The number of thiazole rings is 1. The summed E-state index contributed by atoms with van der Waals surface area (Å²) in [7, 11) is 4.20. The Morgan fingerprint density at radius 3 is 2.41 bits per heavy atom. The van der Waals surface area contributed by atoms with Gasteiger partial charge in [0, 0.05) is 0 Å². The fourth-order valence-corrected chi connectivity index (χ4v) is 5.00. The topological polar surface area (TPSA) is 115 Å². The van der Waals surface area contributed by atoms with Gasteiger partial charge in [-0.15, -0.1) is 0 Å². The Hall–Kier alpha value is -4.44. The molecule has 9 nitrogen and oxygen atoms in total. The average molecular weight is 521 g/mol. The number of carbonyl (C=O) groups excluding carboxylic acids is 3. The van der Waals surface area contributed by atoms with Gasteiger partial charge >= 0.3 is 5.97 Å². The Kier molecular flexibility index (Phi) is 7.40. The van der Waals surface area contributed by atoms with Gasteiger partial charge in [0.15, 0.2) is 28.2 Å². The molecule has 37 heavy (non-hydrogen) atoms. The highest BCUT2D eigenvalue weighted by Gasteiger charge is 2.45. The van der Waals surface area contributed by atoms with Crippen molar-refractivity contribution in [2.24, 2.45) is 0 Å². The van der Waals surface area contributed by atoms with Gasteiger partial charge in [0.05, 0.1) is 38.6 Å². The van der Waals surface area contributed by atoms with E-state index >= 15 is 0 Å². The van der Waals surface area contributed by atoms with Gasteiger partial charge in [-0.3, -0.25) is 14.5 Å². The monoisotopic (exact) mass is 520 g/mol. The molecule has 0 saturated heterocycles. The minimum absolute atomic E-state index is 0.128. The van der Waals surface area contributed by atoms with E-state index in [2.05, 4.69) is 4.98 Å². The van der Waals surface area contributed by atoms with E-state index in [1.54, 1.807) is 31.2 Å². The Bertz CT molecular complexity index is 1430. The smallest absolute Gasteiger partial charge is 0.350 e. The maximum atomic E-state index is 13.4. The van der Waals surface area contributed by atoms with Crippen LogP contribution in [0.25, 0.3) is 6.08 Å². The third-order valence-corrected chi connectivity index (χ3v) is 6.92. The van der Waals surface area contributed by atoms with Gasteiger partial charge < -0.3 is 19.3 Å². The normalized spacial score (nSPS) is 15.4. The Morgan fingerprint density at radius 1 is 1.05 bits per heavy atom. The molecule has 1 unspecified atom stereocenters. The number of ether oxygens (including phenoxy) is 3. The first-order chi connectivity index (χ1) is 17.8. The summed E-state index contributed by atoms with van der Waals surface area (Å²) in [6.07, 6.45) is 2.91. The number of aliphatic hydroxyl groups excluding tert-OH is 1. The van der Waals surface area contributed by atoms with Gasteiger partial charge in [-0.25, -0.2) is 9.78 Å². The lowest BCUT2D eigenvalue weighted by molar-refractivity contribution is -0.117. The maximum absolute atomic E-state index is 13.4. The standard InChI is InChI=1S/C27H24N2O7S/c1-15-24(26(33)36-4)37-27(28-15)29-22(17-11-13-19(34-2)20(14-17)35-3)21(23(31)25(29)32)18(30)12-10-16-8-6-5-7-9-16/h5-14,22,31H,1-4H3. The van der Waals surface area contributed by atoms with Crippen LogP contribution in [0, 0.1) is 6.92 Å². The van der Waals surface area contributed by atoms with E-state index < -0.39 is 29.5 Å². The van der Waals surface area contributed by atoms with Crippen LogP contribution < -0.4 is 14.4 Å². The van der Waals surface area contributed by atoms with Crippen LogP contribution >= 0.6 is 11.3 Å². The molecule has 0 bridgehead atoms. The van der Waals surface area contributed by atoms with E-state index in [4.69, 9.17) is 14.2 Å². The van der Waals surface area contributed by atoms with Gasteiger partial charge in [0.2, 0.25) is 0 Å². The van der Waals surface area contributed by atoms with Crippen molar-refractivity contribution in [3.63, 3.8) is 0 Å². The number of allylic oxidation sites excluding steroid dienone is 1. The van der Waals surface area contributed by atoms with Crippen molar-refractivity contribution < 1.29 is 33.7 Å². The Morgan fingerprint density at radius 2 is 1.76 bits per heavy atom. The number of anilines is 1. The zero-order valence-corrected chi connectivity index (χ0v) is 21.4. The average Bonchev–Trinajstić information content (AvgIpc) is 3.43. The third kappa shape index (κ3) is 4.83. The molecule has 1 aromatic heterocycles. The molecule has 0 radical (unpaired) electrons. The number of nitrogens with zero attached hydrogens (tertiary/aromatic N) is 2. The number of aromatic nitrogens is 1. The summed E-state index contributed by atoms with van der Waals surface area (Å²) in [4.78, 5) is 44.8. The summed E-state index contributed by atoms with van der Waals surface area (Å²) < 4.78 is 15.6. The minimum Gasteiger partial charge on any atom is -0.503 e. The van der Waals surface area contributed by atoms with Gasteiger partial charge in [-0.05, 0) is 36.3 Å². The number of rotatable bonds is 8. The molecular formula is C27H24N2O7S. The van der Waals surface area contributed by atoms with Crippen molar-refractivity contribution in [3.8, 4) is 11.5 Å². The molecule has 1 amide bonds. The van der Waals surface area contributed by atoms with Crippen LogP contribution in [0.5, 0.6) is 11.5 Å². The molecule has 1 N–H and O–H groups in total. The second-order valence-corrected chi connectivity index (χ2v) is 8.94. The molecule has 2 heterocycles. The largest absolute Gasteiger partial charge is 0.503 e. The molecule has 2 aromatic carbocycles. The van der Waals surface area contributed by atoms with E-state index in [1.165, 1.54) is 32.3 Å². The van der Waals surface area contributed by atoms with Crippen molar-refractivity contribution in [3.05, 3.63) is 87.6 Å². The summed E-state index contributed by atoms with van der Waals surface area (Å²) in [6, 6.07) is 13.0. The quantitative estimate of drug-likeness (QED) is 0.343. The number of amides is 1. The number of aliphatic hydroxyl groups is 1. The number of esters is 1. The number of methoxy groups -OCH3 is 3. The highest BCUT2D eigenvalue weighted by molar-refractivity contribution is 7.17. The minimum atomic E-state index is -1.05. The van der Waals surface area contributed by atoms with Crippen LogP contribution in [0.4, 0.5) is 5.13 Å². The van der Waals surface area contributed by atoms with Crippen LogP contribution in [0.3, 0.4) is 0 Å². The summed E-state index contributed by atoms with van der Waals surface area (Å²) in [5, 5.41) is 11.0. The second kappa shape index (κ2) is 10.7. The first-order valence-electron chi connectivity index (χ1n) is 11.1. The molecular weight excluding hydrogens is 496 g/mol. The van der Waals surface area contributed by atoms with Crippen LogP contribution in [0.15, 0.2) is 65.9 Å². The molecule has 0 aliphatic carbocycles. The van der Waals surface area contributed by atoms with E-state index in [-0.39, 0.29) is 15.6 Å². The van der Waals surface area contributed by atoms with Crippen LogP contribution in [-0.2, 0) is 14.3 Å². The molecule has 0 spiro atoms. The SMILES string of the molecule is COC(=O)c1sc(N2C(=O)C(O)=C(C(=O)C=Cc3ccccc3)C2c2ccc(OC)c(OC)c2)nc1C. The van der Waals surface area contributed by atoms with Crippen molar-refractivity contribution in [2.45, 2.75) is 13.0 Å². The number of aryl methyl sites for hydroxylation is 1. The summed E-state index contributed by atoms with van der Waals surface area (Å²) in [6.45, 7) is 1.61. The highest BCUT2D eigenvalue weighted by Crippen LogP contribution is 2.44. The zero-order chi connectivity index (χ0) is 26.7. The first-order valence-corrected chi connectivity index (χ1v) is 11.9. The molecule has 1 aliphatic heterocycles. The molecule has 10 heteroatoms. The Labute approximate surface area is 217 Å². The van der Waals surface area contributed by atoms with E-state index in [9.17, 15) is 19.5 Å². The Balaban J connectivity index is 1.85. The second-order valence-electron chi connectivity index (χ2n) is 7.97. The molecule has 4 rings (SSSR count). The first kappa shape index (κ1) is 25.6. The summed E-state index contributed by atoms with van der Waals surface area (Å²) >= 11 is 0.932. The fraction of sp³-hybridized carbons (Fsp3) is 0.185. The van der Waals surface area contributed by atoms with Crippen LogP contribution in [0.1, 0.15) is 32.5 Å². The highest BCUT2D eigenvalue weighted by atomic mass is 32.1. The summed E-state index contributed by atoms with van der Waals surface area (Å²) in [5.74, 6) is -1.86. The number of carbonyl (C=O) groups is 3. The lowest BCUT2D eigenvalue weighted by Gasteiger charge is -2.25. The van der Waals surface area contributed by atoms with Crippen molar-refractivity contribution >= 4 is 40.2 Å². The van der Waals surface area contributed by atoms with E-state index in [1.807, 2.05) is 30.3 Å². The van der Waals surface area contributed by atoms with Crippen molar-refractivity contribution in [1.29, 1.82) is 0 Å². The molecule has 0 saturated carbocycles. The van der Waals surface area contributed by atoms with Crippen molar-refractivity contribution in [2.75, 3.05) is 26.2 Å². The lowest BCUT2D eigenvalue weighted by atomic mass is 9.95. The number of benzene rings is 2. The molecule has 1 aliphatic rings. The van der Waals surface area contributed by atoms with E-state index in [0.29, 0.717) is 22.8 Å². The predicted octanol–water partition coefficient (Wildman–Crippen LogP) is 4.44. The van der Waals surface area contributed by atoms with Crippen LogP contribution in [0.2, 0.25) is 0 Å². The molecule has 3 aromatic rings.